The fraction of sp³-hybridized carbons (Fsp3) is 0.368. The zero-order valence-electron chi connectivity index (χ0n) is 14.8. The molecule has 1 aliphatic carbocycles. The molecular weight excluding hydrogens is 328 g/mol. The molecule has 0 saturated heterocycles. The Balaban J connectivity index is 1.54. The average Bonchev–Trinajstić information content (AvgIpc) is 3.06. The van der Waals surface area contributed by atoms with Gasteiger partial charge in [-0.1, -0.05) is 25.3 Å². The van der Waals surface area contributed by atoms with Crippen LogP contribution < -0.4 is 10.6 Å². The lowest BCUT2D eigenvalue weighted by Gasteiger charge is -2.24. The number of carbonyl (C=O) groups excluding carboxylic acids is 1. The molecule has 0 bridgehead atoms. The molecule has 0 aliphatic heterocycles. The third-order valence-electron chi connectivity index (χ3n) is 4.72. The molecule has 3 aromatic rings. The summed E-state index contributed by atoms with van der Waals surface area (Å²) in [5, 5.41) is 10.7. The first-order valence-corrected chi connectivity index (χ1v) is 9.05. The third kappa shape index (κ3) is 3.51. The molecule has 1 aliphatic rings. The van der Waals surface area contributed by atoms with Crippen LogP contribution in [-0.4, -0.2) is 31.5 Å². The molecular formula is C19H22N6O. The van der Waals surface area contributed by atoms with Crippen molar-refractivity contribution in [3.05, 3.63) is 47.9 Å². The minimum Gasteiger partial charge on any atom is -0.381 e. The van der Waals surface area contributed by atoms with Gasteiger partial charge in [0, 0.05) is 12.2 Å². The van der Waals surface area contributed by atoms with E-state index >= 15 is 0 Å². The highest BCUT2D eigenvalue weighted by atomic mass is 16.2. The Labute approximate surface area is 151 Å². The summed E-state index contributed by atoms with van der Waals surface area (Å²) in [5.41, 5.74) is 3.12. The van der Waals surface area contributed by atoms with Gasteiger partial charge in [-0.25, -0.2) is 4.52 Å². The van der Waals surface area contributed by atoms with E-state index < -0.39 is 0 Å². The summed E-state index contributed by atoms with van der Waals surface area (Å²) in [5.74, 6) is -0.0433. The van der Waals surface area contributed by atoms with Crippen molar-refractivity contribution >= 4 is 23.2 Å². The molecule has 0 spiro atoms. The third-order valence-corrected chi connectivity index (χ3v) is 4.72. The highest BCUT2D eigenvalue weighted by Crippen LogP contribution is 2.23. The van der Waals surface area contributed by atoms with Crippen molar-refractivity contribution in [3.63, 3.8) is 0 Å². The van der Waals surface area contributed by atoms with Crippen molar-refractivity contribution in [2.45, 2.75) is 45.1 Å². The number of nitrogens with one attached hydrogen (secondary N) is 2. The molecule has 0 radical (unpaired) electrons. The normalized spacial score (nSPS) is 15.1. The van der Waals surface area contributed by atoms with Crippen LogP contribution >= 0.6 is 0 Å². The first-order chi connectivity index (χ1) is 12.7. The van der Waals surface area contributed by atoms with Crippen LogP contribution in [0, 0.1) is 6.92 Å². The van der Waals surface area contributed by atoms with E-state index in [1.165, 1.54) is 32.1 Å². The fourth-order valence-electron chi connectivity index (χ4n) is 3.43. The van der Waals surface area contributed by atoms with Crippen LogP contribution in [0.2, 0.25) is 0 Å². The van der Waals surface area contributed by atoms with Crippen LogP contribution in [0.4, 0.5) is 11.6 Å². The number of fused-ring (bicyclic) bond motifs is 1. The second-order valence-electron chi connectivity index (χ2n) is 6.76. The van der Waals surface area contributed by atoms with E-state index in [0.29, 0.717) is 11.7 Å². The molecule has 4 rings (SSSR count). The summed E-state index contributed by atoms with van der Waals surface area (Å²) in [7, 11) is 0. The maximum Gasteiger partial charge on any atom is 0.276 e. The lowest BCUT2D eigenvalue weighted by molar-refractivity contribution is 0.102. The van der Waals surface area contributed by atoms with E-state index in [9.17, 15) is 4.79 Å². The molecule has 0 atom stereocenters. The molecule has 0 unspecified atom stereocenters. The Hall–Kier alpha value is -2.96. The second kappa shape index (κ2) is 7.11. The largest absolute Gasteiger partial charge is 0.381 e. The molecule has 1 amide bonds. The molecule has 3 heterocycles. The van der Waals surface area contributed by atoms with E-state index in [1.54, 1.807) is 28.9 Å². The van der Waals surface area contributed by atoms with Crippen molar-refractivity contribution in [3.8, 4) is 0 Å². The molecule has 26 heavy (non-hydrogen) atoms. The number of aryl methyl sites for hydroxylation is 1. The summed E-state index contributed by atoms with van der Waals surface area (Å²) in [6, 6.07) is 7.80. The molecule has 134 valence electrons. The lowest BCUT2D eigenvalue weighted by Crippen LogP contribution is -2.22. The minimum atomic E-state index is -0.320. The standard InChI is InChI=1S/C19H22N6O/c1-13-11-15(21-14-7-3-2-4-8-14)12-25-17(13)22-19(24-25)23-18(26)16-9-5-6-10-20-16/h5-6,9-12,14,21H,2-4,7-8H2,1H3,(H,23,24,26). The van der Waals surface area contributed by atoms with Crippen LogP contribution in [0.25, 0.3) is 5.65 Å². The van der Waals surface area contributed by atoms with Gasteiger partial charge in [0.05, 0.1) is 11.9 Å². The molecule has 1 fully saturated rings. The highest BCUT2D eigenvalue weighted by Gasteiger charge is 2.15. The Morgan fingerprint density at radius 1 is 1.23 bits per heavy atom. The average molecular weight is 350 g/mol. The molecule has 2 N–H and O–H groups in total. The van der Waals surface area contributed by atoms with Crippen LogP contribution in [0.1, 0.15) is 48.2 Å². The van der Waals surface area contributed by atoms with Gasteiger partial charge in [-0.2, -0.15) is 4.98 Å². The maximum atomic E-state index is 12.2. The van der Waals surface area contributed by atoms with Gasteiger partial charge in [0.1, 0.15) is 5.69 Å². The van der Waals surface area contributed by atoms with Crippen molar-refractivity contribution in [1.29, 1.82) is 0 Å². The number of anilines is 2. The van der Waals surface area contributed by atoms with Gasteiger partial charge in [0.2, 0.25) is 5.95 Å². The van der Waals surface area contributed by atoms with Crippen molar-refractivity contribution in [2.75, 3.05) is 10.6 Å². The monoisotopic (exact) mass is 350 g/mol. The number of rotatable bonds is 4. The van der Waals surface area contributed by atoms with Gasteiger partial charge < -0.3 is 5.32 Å². The van der Waals surface area contributed by atoms with E-state index in [1.807, 2.05) is 13.1 Å². The second-order valence-corrected chi connectivity index (χ2v) is 6.76. The molecule has 1 saturated carbocycles. The Morgan fingerprint density at radius 2 is 2.08 bits per heavy atom. The van der Waals surface area contributed by atoms with Gasteiger partial charge in [-0.05, 0) is 43.5 Å². The zero-order chi connectivity index (χ0) is 17.9. The number of hydrogen-bond donors (Lipinski definition) is 2. The summed E-state index contributed by atoms with van der Waals surface area (Å²) < 4.78 is 1.72. The Bertz CT molecular complexity index is 914. The predicted molar refractivity (Wildman–Crippen MR) is 100 cm³/mol. The predicted octanol–water partition coefficient (Wildman–Crippen LogP) is 3.43. The topological polar surface area (TPSA) is 84.2 Å². The molecule has 0 aromatic carbocycles. The summed E-state index contributed by atoms with van der Waals surface area (Å²) in [4.78, 5) is 20.7. The van der Waals surface area contributed by atoms with E-state index in [4.69, 9.17) is 0 Å². The van der Waals surface area contributed by atoms with Crippen LogP contribution in [0.3, 0.4) is 0 Å². The Kier molecular flexibility index (Phi) is 4.51. The van der Waals surface area contributed by atoms with Crippen molar-refractivity contribution < 1.29 is 4.79 Å². The number of aromatic nitrogens is 4. The van der Waals surface area contributed by atoms with Crippen LogP contribution in [-0.2, 0) is 0 Å². The first kappa shape index (κ1) is 16.5. The summed E-state index contributed by atoms with van der Waals surface area (Å²) in [6.45, 7) is 2.00. The number of pyridine rings is 2. The van der Waals surface area contributed by atoms with Gasteiger partial charge in [-0.15, -0.1) is 5.10 Å². The van der Waals surface area contributed by atoms with Crippen LogP contribution in [0.15, 0.2) is 36.7 Å². The lowest BCUT2D eigenvalue weighted by atomic mass is 9.95. The number of carbonyl (C=O) groups is 1. The number of nitrogens with zero attached hydrogens (tertiary/aromatic N) is 4. The minimum absolute atomic E-state index is 0.276. The molecule has 7 heteroatoms. The molecule has 7 nitrogen and oxygen atoms in total. The summed E-state index contributed by atoms with van der Waals surface area (Å²) in [6.07, 6.45) is 9.83. The van der Waals surface area contributed by atoms with E-state index in [2.05, 4.69) is 31.8 Å². The number of amides is 1. The summed E-state index contributed by atoms with van der Waals surface area (Å²) >= 11 is 0. The SMILES string of the molecule is Cc1cc(NC2CCCCC2)cn2nc(NC(=O)c3ccccn3)nc12. The highest BCUT2D eigenvalue weighted by molar-refractivity contribution is 6.01. The molecule has 3 aromatic heterocycles. The smallest absolute Gasteiger partial charge is 0.276 e. The fourth-order valence-corrected chi connectivity index (χ4v) is 3.43. The van der Waals surface area contributed by atoms with Gasteiger partial charge in [0.15, 0.2) is 5.65 Å². The van der Waals surface area contributed by atoms with Gasteiger partial charge in [0.25, 0.3) is 5.91 Å². The maximum absolute atomic E-state index is 12.2. The van der Waals surface area contributed by atoms with E-state index in [-0.39, 0.29) is 11.9 Å². The zero-order valence-corrected chi connectivity index (χ0v) is 14.8. The van der Waals surface area contributed by atoms with Crippen molar-refractivity contribution in [2.24, 2.45) is 0 Å². The van der Waals surface area contributed by atoms with Gasteiger partial charge in [-0.3, -0.25) is 15.1 Å². The quantitative estimate of drug-likeness (QED) is 0.753. The number of hydrogen-bond acceptors (Lipinski definition) is 5. The van der Waals surface area contributed by atoms with Crippen LogP contribution in [0.5, 0.6) is 0 Å². The first-order valence-electron chi connectivity index (χ1n) is 9.05. The van der Waals surface area contributed by atoms with Gasteiger partial charge >= 0.3 is 0 Å². The van der Waals surface area contributed by atoms with Crippen molar-refractivity contribution in [1.82, 2.24) is 19.6 Å². The van der Waals surface area contributed by atoms with E-state index in [0.717, 1.165) is 16.9 Å². The Morgan fingerprint density at radius 3 is 2.85 bits per heavy atom.